The second kappa shape index (κ2) is 11.5. The normalized spacial score (nSPS) is 20.6. The Morgan fingerprint density at radius 3 is 2.36 bits per heavy atom. The summed E-state index contributed by atoms with van der Waals surface area (Å²) in [6, 6.07) is 2.19. The molecular weight excluding hydrogens is 306 g/mol. The average Bonchev–Trinajstić information content (AvgIpc) is 2.62. The van der Waals surface area contributed by atoms with Crippen molar-refractivity contribution in [3.05, 3.63) is 23.5 Å². The Bertz CT molecular complexity index is 477. The van der Waals surface area contributed by atoms with Crippen molar-refractivity contribution in [3.8, 4) is 5.75 Å². The van der Waals surface area contributed by atoms with E-state index in [0.29, 0.717) is 6.10 Å². The van der Waals surface area contributed by atoms with Crippen molar-refractivity contribution in [2.24, 2.45) is 5.92 Å². The van der Waals surface area contributed by atoms with Crippen molar-refractivity contribution in [1.29, 1.82) is 0 Å². The lowest BCUT2D eigenvalue weighted by atomic mass is 9.84. The highest BCUT2D eigenvalue weighted by atomic mass is 16.5. The third-order valence-electron chi connectivity index (χ3n) is 5.74. The van der Waals surface area contributed by atoms with Gasteiger partial charge in [-0.2, -0.15) is 0 Å². The van der Waals surface area contributed by atoms with Crippen LogP contribution < -0.4 is 4.74 Å². The first kappa shape index (κ1) is 20.3. The van der Waals surface area contributed by atoms with Crippen molar-refractivity contribution in [2.45, 2.75) is 110 Å². The Labute approximate surface area is 155 Å². The summed E-state index contributed by atoms with van der Waals surface area (Å²) >= 11 is 0. The van der Waals surface area contributed by atoms with Gasteiger partial charge in [-0.1, -0.05) is 58.8 Å². The number of aromatic nitrogens is 1. The SMILES string of the molecule is CCCCCCC[C@H]1CC[C@H](Oc2cnc(CCCC)c(C)c2)CC1. The van der Waals surface area contributed by atoms with E-state index >= 15 is 0 Å². The Balaban J connectivity index is 1.68. The zero-order valence-electron chi connectivity index (χ0n) is 16.9. The zero-order chi connectivity index (χ0) is 17.9. The standard InChI is InChI=1S/C23H39NO/c1-4-6-8-9-10-11-20-13-15-21(16-14-20)25-22-17-19(3)23(24-18-22)12-7-5-2/h17-18,20-21H,4-16H2,1-3H3/t20-,21-. The monoisotopic (exact) mass is 345 g/mol. The number of nitrogens with zero attached hydrogens (tertiary/aromatic N) is 1. The van der Waals surface area contributed by atoms with Crippen molar-refractivity contribution >= 4 is 0 Å². The first-order valence-corrected chi connectivity index (χ1v) is 10.8. The molecule has 1 aromatic heterocycles. The summed E-state index contributed by atoms with van der Waals surface area (Å²) in [6.07, 6.45) is 19.5. The van der Waals surface area contributed by atoms with Gasteiger partial charge in [-0.3, -0.25) is 4.98 Å². The molecular formula is C23H39NO. The number of ether oxygens (including phenoxy) is 1. The smallest absolute Gasteiger partial charge is 0.138 e. The second-order valence-corrected chi connectivity index (χ2v) is 8.00. The molecule has 0 aromatic carbocycles. The van der Waals surface area contributed by atoms with Crippen LogP contribution >= 0.6 is 0 Å². The minimum atomic E-state index is 0.402. The van der Waals surface area contributed by atoms with Crippen LogP contribution in [-0.2, 0) is 6.42 Å². The predicted molar refractivity (Wildman–Crippen MR) is 107 cm³/mol. The zero-order valence-corrected chi connectivity index (χ0v) is 16.9. The summed E-state index contributed by atoms with van der Waals surface area (Å²) in [5, 5.41) is 0. The van der Waals surface area contributed by atoms with E-state index < -0.39 is 0 Å². The van der Waals surface area contributed by atoms with Crippen LogP contribution in [0.4, 0.5) is 0 Å². The molecule has 1 aromatic rings. The lowest BCUT2D eigenvalue weighted by molar-refractivity contribution is 0.127. The third kappa shape index (κ3) is 7.38. The number of aryl methyl sites for hydroxylation is 2. The van der Waals surface area contributed by atoms with E-state index in [0.717, 1.165) is 18.1 Å². The fraction of sp³-hybridized carbons (Fsp3) is 0.783. The van der Waals surface area contributed by atoms with E-state index in [2.05, 4.69) is 31.8 Å². The van der Waals surface area contributed by atoms with Crippen LogP contribution in [0.3, 0.4) is 0 Å². The molecule has 1 fully saturated rings. The summed E-state index contributed by atoms with van der Waals surface area (Å²) in [5.41, 5.74) is 2.52. The maximum absolute atomic E-state index is 6.24. The van der Waals surface area contributed by atoms with Gasteiger partial charge in [-0.05, 0) is 63.0 Å². The van der Waals surface area contributed by atoms with E-state index in [1.165, 1.54) is 88.3 Å². The van der Waals surface area contributed by atoms with Gasteiger partial charge in [-0.15, -0.1) is 0 Å². The Kier molecular flexibility index (Phi) is 9.36. The Morgan fingerprint density at radius 1 is 0.960 bits per heavy atom. The van der Waals surface area contributed by atoms with Gasteiger partial charge in [0.25, 0.3) is 0 Å². The van der Waals surface area contributed by atoms with Crippen LogP contribution in [0.1, 0.15) is 102 Å². The molecule has 0 unspecified atom stereocenters. The highest BCUT2D eigenvalue weighted by molar-refractivity contribution is 5.28. The summed E-state index contributed by atoms with van der Waals surface area (Å²) in [7, 11) is 0. The molecule has 2 nitrogen and oxygen atoms in total. The molecule has 25 heavy (non-hydrogen) atoms. The van der Waals surface area contributed by atoms with Gasteiger partial charge in [0.2, 0.25) is 0 Å². The van der Waals surface area contributed by atoms with Crippen molar-refractivity contribution < 1.29 is 4.74 Å². The van der Waals surface area contributed by atoms with E-state index in [9.17, 15) is 0 Å². The molecule has 1 aliphatic carbocycles. The topological polar surface area (TPSA) is 22.1 Å². The molecule has 0 spiro atoms. The molecule has 1 heterocycles. The first-order valence-electron chi connectivity index (χ1n) is 10.8. The number of rotatable bonds is 11. The van der Waals surface area contributed by atoms with Crippen molar-refractivity contribution in [3.63, 3.8) is 0 Å². The molecule has 142 valence electrons. The molecule has 0 amide bonds. The Morgan fingerprint density at radius 2 is 1.68 bits per heavy atom. The summed E-state index contributed by atoms with van der Waals surface area (Å²) < 4.78 is 6.24. The van der Waals surface area contributed by atoms with Crippen LogP contribution in [0.15, 0.2) is 12.3 Å². The maximum atomic E-state index is 6.24. The number of pyridine rings is 1. The van der Waals surface area contributed by atoms with Gasteiger partial charge < -0.3 is 4.74 Å². The molecule has 1 saturated carbocycles. The molecule has 0 saturated heterocycles. The van der Waals surface area contributed by atoms with E-state index in [1.807, 2.05) is 6.20 Å². The van der Waals surface area contributed by atoms with Gasteiger partial charge in [-0.25, -0.2) is 0 Å². The van der Waals surface area contributed by atoms with E-state index in [1.54, 1.807) is 0 Å². The summed E-state index contributed by atoms with van der Waals surface area (Å²) in [5.74, 6) is 1.92. The fourth-order valence-corrected chi connectivity index (χ4v) is 4.02. The second-order valence-electron chi connectivity index (χ2n) is 8.00. The van der Waals surface area contributed by atoms with Gasteiger partial charge in [0.15, 0.2) is 0 Å². The van der Waals surface area contributed by atoms with Gasteiger partial charge in [0.05, 0.1) is 12.3 Å². The third-order valence-corrected chi connectivity index (χ3v) is 5.74. The van der Waals surface area contributed by atoms with Crippen molar-refractivity contribution in [1.82, 2.24) is 4.98 Å². The van der Waals surface area contributed by atoms with Crippen LogP contribution in [0, 0.1) is 12.8 Å². The van der Waals surface area contributed by atoms with Crippen molar-refractivity contribution in [2.75, 3.05) is 0 Å². The average molecular weight is 346 g/mol. The molecule has 0 atom stereocenters. The largest absolute Gasteiger partial charge is 0.489 e. The predicted octanol–water partition coefficient (Wildman–Crippen LogP) is 7.03. The highest BCUT2D eigenvalue weighted by Crippen LogP contribution is 2.31. The number of hydrogen-bond acceptors (Lipinski definition) is 2. The van der Waals surface area contributed by atoms with Crippen LogP contribution in [0.25, 0.3) is 0 Å². The number of hydrogen-bond donors (Lipinski definition) is 0. The quantitative estimate of drug-likeness (QED) is 0.402. The lowest BCUT2D eigenvalue weighted by Crippen LogP contribution is -2.24. The van der Waals surface area contributed by atoms with Gasteiger partial charge in [0.1, 0.15) is 5.75 Å². The van der Waals surface area contributed by atoms with E-state index in [-0.39, 0.29) is 0 Å². The Hall–Kier alpha value is -1.05. The van der Waals surface area contributed by atoms with Crippen LogP contribution in [-0.4, -0.2) is 11.1 Å². The minimum absolute atomic E-state index is 0.402. The maximum Gasteiger partial charge on any atom is 0.138 e. The molecule has 1 aliphatic rings. The fourth-order valence-electron chi connectivity index (χ4n) is 4.02. The molecule has 0 radical (unpaired) electrons. The molecule has 2 rings (SSSR count). The number of unbranched alkanes of at least 4 members (excludes halogenated alkanes) is 5. The summed E-state index contributed by atoms with van der Waals surface area (Å²) in [6.45, 7) is 6.69. The highest BCUT2D eigenvalue weighted by Gasteiger charge is 2.22. The molecule has 0 N–H and O–H groups in total. The van der Waals surface area contributed by atoms with Crippen LogP contribution in [0.5, 0.6) is 5.75 Å². The first-order chi connectivity index (χ1) is 12.2. The van der Waals surface area contributed by atoms with Crippen LogP contribution in [0.2, 0.25) is 0 Å². The molecule has 0 aliphatic heterocycles. The minimum Gasteiger partial charge on any atom is -0.489 e. The lowest BCUT2D eigenvalue weighted by Gasteiger charge is -2.29. The van der Waals surface area contributed by atoms with Gasteiger partial charge >= 0.3 is 0 Å². The van der Waals surface area contributed by atoms with E-state index in [4.69, 9.17) is 4.74 Å². The molecule has 0 bridgehead atoms. The van der Waals surface area contributed by atoms with Gasteiger partial charge in [0, 0.05) is 5.69 Å². The molecule has 2 heteroatoms. The summed E-state index contributed by atoms with van der Waals surface area (Å²) in [4.78, 5) is 4.64.